The first-order valence-electron chi connectivity index (χ1n) is 8.38. The lowest BCUT2D eigenvalue weighted by Crippen LogP contribution is -2.41. The average Bonchev–Trinajstić information content (AvgIpc) is 3.36. The van der Waals surface area contributed by atoms with Gasteiger partial charge in [-0.1, -0.05) is 13.8 Å². The number of benzene rings is 1. The summed E-state index contributed by atoms with van der Waals surface area (Å²) >= 11 is 0. The summed E-state index contributed by atoms with van der Waals surface area (Å²) in [6, 6.07) is 2.85. The lowest BCUT2D eigenvalue weighted by molar-refractivity contribution is -0.139. The van der Waals surface area contributed by atoms with Crippen LogP contribution in [0.5, 0.6) is 5.75 Å². The van der Waals surface area contributed by atoms with Crippen LogP contribution >= 0.6 is 0 Å². The van der Waals surface area contributed by atoms with Crippen LogP contribution in [0.2, 0.25) is 0 Å². The first kappa shape index (κ1) is 20.2. The maximum absolute atomic E-state index is 12.5. The molecule has 0 radical (unpaired) electrons. The highest BCUT2D eigenvalue weighted by molar-refractivity contribution is 7.89. The molecule has 1 atom stereocenters. The Morgan fingerprint density at radius 3 is 2.46 bits per heavy atom. The van der Waals surface area contributed by atoms with E-state index in [9.17, 15) is 23.1 Å². The smallest absolute Gasteiger partial charge is 0.326 e. The van der Waals surface area contributed by atoms with Gasteiger partial charge in [0.25, 0.3) is 5.91 Å². The zero-order valence-electron chi connectivity index (χ0n) is 15.0. The first-order valence-corrected chi connectivity index (χ1v) is 9.86. The van der Waals surface area contributed by atoms with Gasteiger partial charge in [-0.05, 0) is 43.4 Å². The van der Waals surface area contributed by atoms with Crippen molar-refractivity contribution in [1.82, 2.24) is 10.0 Å². The predicted molar refractivity (Wildman–Crippen MR) is 94.7 cm³/mol. The van der Waals surface area contributed by atoms with Gasteiger partial charge in [0.2, 0.25) is 10.0 Å². The molecule has 0 bridgehead atoms. The molecule has 1 saturated carbocycles. The van der Waals surface area contributed by atoms with Crippen molar-refractivity contribution in [1.29, 1.82) is 0 Å². The van der Waals surface area contributed by atoms with Crippen LogP contribution in [-0.4, -0.2) is 44.6 Å². The number of sulfonamides is 1. The Bertz CT molecular complexity index is 786. The minimum absolute atomic E-state index is 0.0528. The van der Waals surface area contributed by atoms with E-state index in [0.29, 0.717) is 0 Å². The van der Waals surface area contributed by atoms with Crippen molar-refractivity contribution in [3.8, 4) is 5.75 Å². The number of aliphatic carboxylic acids is 1. The minimum Gasteiger partial charge on any atom is -0.495 e. The highest BCUT2D eigenvalue weighted by Crippen LogP contribution is 2.28. The van der Waals surface area contributed by atoms with Crippen molar-refractivity contribution in [2.45, 2.75) is 50.1 Å². The molecule has 0 spiro atoms. The molecule has 0 saturated heterocycles. The number of rotatable bonds is 9. The van der Waals surface area contributed by atoms with E-state index in [1.165, 1.54) is 25.3 Å². The fourth-order valence-electron chi connectivity index (χ4n) is 2.45. The van der Waals surface area contributed by atoms with Crippen molar-refractivity contribution in [3.05, 3.63) is 23.8 Å². The number of nitrogens with one attached hydrogen (secondary N) is 2. The maximum atomic E-state index is 12.5. The molecule has 144 valence electrons. The third-order valence-corrected chi connectivity index (χ3v) is 5.47. The van der Waals surface area contributed by atoms with Crippen LogP contribution in [0.15, 0.2) is 23.1 Å². The van der Waals surface area contributed by atoms with E-state index in [1.807, 2.05) is 13.8 Å². The van der Waals surface area contributed by atoms with Crippen LogP contribution in [0, 0.1) is 5.92 Å². The first-order chi connectivity index (χ1) is 12.1. The molecule has 0 heterocycles. The standard InChI is InChI=1S/C17H24N2O6S/c1-10(2)8-13(17(21)22)18-16(20)11-4-7-14(25-3)15(9-11)26(23,24)19-12-5-6-12/h4,7,9-10,12-13,19H,5-6,8H2,1-3H3,(H,18,20)(H,21,22). The number of carbonyl (C=O) groups excluding carboxylic acids is 1. The Balaban J connectivity index is 2.27. The molecule has 1 amide bonds. The summed E-state index contributed by atoms with van der Waals surface area (Å²) in [6.45, 7) is 3.70. The predicted octanol–water partition coefficient (Wildman–Crippen LogP) is 1.36. The third kappa shape index (κ3) is 5.18. The van der Waals surface area contributed by atoms with Crippen LogP contribution in [0.25, 0.3) is 0 Å². The van der Waals surface area contributed by atoms with Gasteiger partial charge in [0.15, 0.2) is 0 Å². The zero-order chi connectivity index (χ0) is 19.5. The van der Waals surface area contributed by atoms with E-state index in [2.05, 4.69) is 10.0 Å². The molecule has 1 aliphatic carbocycles. The molecule has 2 rings (SSSR count). The van der Waals surface area contributed by atoms with Crippen LogP contribution in [0.4, 0.5) is 0 Å². The Morgan fingerprint density at radius 1 is 1.31 bits per heavy atom. The van der Waals surface area contributed by atoms with Crippen LogP contribution in [-0.2, 0) is 14.8 Å². The number of carbonyl (C=O) groups is 2. The molecule has 1 fully saturated rings. The van der Waals surface area contributed by atoms with E-state index >= 15 is 0 Å². The number of hydrogen-bond donors (Lipinski definition) is 3. The van der Waals surface area contributed by atoms with Gasteiger partial charge >= 0.3 is 5.97 Å². The van der Waals surface area contributed by atoms with Gasteiger partial charge in [-0.25, -0.2) is 17.9 Å². The average molecular weight is 384 g/mol. The van der Waals surface area contributed by atoms with E-state index < -0.39 is 27.9 Å². The molecule has 9 heteroatoms. The summed E-state index contributed by atoms with van der Waals surface area (Å²) in [7, 11) is -2.49. The Morgan fingerprint density at radius 2 is 1.96 bits per heavy atom. The molecular weight excluding hydrogens is 360 g/mol. The lowest BCUT2D eigenvalue weighted by atomic mass is 10.0. The van der Waals surface area contributed by atoms with Crippen molar-refractivity contribution in [3.63, 3.8) is 0 Å². The zero-order valence-corrected chi connectivity index (χ0v) is 15.8. The second kappa shape index (κ2) is 8.05. The maximum Gasteiger partial charge on any atom is 0.326 e. The van der Waals surface area contributed by atoms with Crippen molar-refractivity contribution in [2.75, 3.05) is 7.11 Å². The topological polar surface area (TPSA) is 122 Å². The second-order valence-corrected chi connectivity index (χ2v) is 8.44. The summed E-state index contributed by atoms with van der Waals surface area (Å²) in [6.07, 6.45) is 1.82. The quantitative estimate of drug-likeness (QED) is 0.591. The fourth-order valence-corrected chi connectivity index (χ4v) is 3.95. The molecule has 1 unspecified atom stereocenters. The highest BCUT2D eigenvalue weighted by atomic mass is 32.2. The molecule has 1 aromatic rings. The summed E-state index contributed by atoms with van der Waals surface area (Å²) in [4.78, 5) is 23.6. The number of methoxy groups -OCH3 is 1. The van der Waals surface area contributed by atoms with Gasteiger partial charge in [-0.15, -0.1) is 0 Å². The largest absolute Gasteiger partial charge is 0.495 e. The molecule has 26 heavy (non-hydrogen) atoms. The van der Waals surface area contributed by atoms with Gasteiger partial charge < -0.3 is 15.2 Å². The summed E-state index contributed by atoms with van der Waals surface area (Å²) in [5.74, 6) is -1.59. The van der Waals surface area contributed by atoms with Crippen molar-refractivity contribution in [2.24, 2.45) is 5.92 Å². The van der Waals surface area contributed by atoms with Gasteiger partial charge in [0, 0.05) is 11.6 Å². The summed E-state index contributed by atoms with van der Waals surface area (Å²) in [5.41, 5.74) is 0.0528. The number of carboxylic acids is 1. The molecular formula is C17H24N2O6S. The third-order valence-electron chi connectivity index (χ3n) is 3.93. The van der Waals surface area contributed by atoms with Crippen LogP contribution < -0.4 is 14.8 Å². The van der Waals surface area contributed by atoms with Crippen molar-refractivity contribution >= 4 is 21.9 Å². The van der Waals surface area contributed by atoms with Crippen molar-refractivity contribution < 1.29 is 27.9 Å². The molecule has 1 aromatic carbocycles. The highest BCUT2D eigenvalue weighted by Gasteiger charge is 2.30. The molecule has 8 nitrogen and oxygen atoms in total. The van der Waals surface area contributed by atoms with E-state index in [4.69, 9.17) is 4.74 Å². The Labute approximate surface area is 153 Å². The number of hydrogen-bond acceptors (Lipinski definition) is 5. The molecule has 0 aliphatic heterocycles. The van der Waals surface area contributed by atoms with E-state index in [1.54, 1.807) is 0 Å². The molecule has 3 N–H and O–H groups in total. The fraction of sp³-hybridized carbons (Fsp3) is 0.529. The van der Waals surface area contributed by atoms with E-state index in [-0.39, 0.29) is 34.6 Å². The van der Waals surface area contributed by atoms with Gasteiger partial charge in [0.1, 0.15) is 16.7 Å². The monoisotopic (exact) mass is 384 g/mol. The van der Waals surface area contributed by atoms with Crippen LogP contribution in [0.3, 0.4) is 0 Å². The molecule has 1 aliphatic rings. The number of amides is 1. The van der Waals surface area contributed by atoms with E-state index in [0.717, 1.165) is 12.8 Å². The number of carboxylic acid groups (broad SMARTS) is 1. The van der Waals surface area contributed by atoms with Gasteiger partial charge in [-0.2, -0.15) is 0 Å². The molecule has 0 aromatic heterocycles. The lowest BCUT2D eigenvalue weighted by Gasteiger charge is -2.17. The summed E-state index contributed by atoms with van der Waals surface area (Å²) in [5, 5.41) is 11.7. The minimum atomic E-state index is -3.83. The number of ether oxygens (including phenoxy) is 1. The van der Waals surface area contributed by atoms with Gasteiger partial charge in [-0.3, -0.25) is 4.79 Å². The van der Waals surface area contributed by atoms with Gasteiger partial charge in [0.05, 0.1) is 7.11 Å². The SMILES string of the molecule is COc1ccc(C(=O)NC(CC(C)C)C(=O)O)cc1S(=O)(=O)NC1CC1. The van der Waals surface area contributed by atoms with Crippen LogP contribution in [0.1, 0.15) is 43.5 Å². The summed E-state index contributed by atoms with van der Waals surface area (Å²) < 4.78 is 32.6. The Hall–Kier alpha value is -2.13. The second-order valence-electron chi connectivity index (χ2n) is 6.76. The normalized spacial score (nSPS) is 15.5. The Kier molecular flexibility index (Phi) is 6.25.